The normalized spacial score (nSPS) is 10.5. The number of hydrogen-bond acceptors (Lipinski definition) is 3. The molecule has 1 N–H and O–H groups in total. The van der Waals surface area contributed by atoms with E-state index in [-0.39, 0.29) is 0 Å². The highest BCUT2D eigenvalue weighted by Crippen LogP contribution is 2.26. The molecule has 0 radical (unpaired) electrons. The van der Waals surface area contributed by atoms with Crippen LogP contribution < -0.4 is 5.32 Å². The first kappa shape index (κ1) is 12.9. The van der Waals surface area contributed by atoms with Gasteiger partial charge in [-0.25, -0.2) is 4.98 Å². The first-order valence-electron chi connectivity index (χ1n) is 5.31. The van der Waals surface area contributed by atoms with Gasteiger partial charge in [-0.1, -0.05) is 18.5 Å². The number of rotatable bonds is 4. The van der Waals surface area contributed by atoms with Crippen LogP contribution in [-0.2, 0) is 13.0 Å². The van der Waals surface area contributed by atoms with Crippen LogP contribution in [-0.4, -0.2) is 4.98 Å². The van der Waals surface area contributed by atoms with Crippen LogP contribution in [0.5, 0.6) is 0 Å². The van der Waals surface area contributed by atoms with Crippen molar-refractivity contribution < 1.29 is 0 Å². The summed E-state index contributed by atoms with van der Waals surface area (Å²) in [5.41, 5.74) is 1.05. The average molecular weight is 332 g/mol. The number of benzene rings is 1. The molecule has 0 aliphatic heterocycles. The lowest BCUT2D eigenvalue weighted by atomic mass is 10.3. The van der Waals surface area contributed by atoms with Crippen molar-refractivity contribution in [2.75, 3.05) is 5.32 Å². The number of nitrogens with one attached hydrogen (secondary N) is 1. The molecule has 0 atom stereocenters. The summed E-state index contributed by atoms with van der Waals surface area (Å²) in [5.74, 6) is 0. The van der Waals surface area contributed by atoms with E-state index in [1.54, 1.807) is 11.3 Å². The highest BCUT2D eigenvalue weighted by molar-refractivity contribution is 9.10. The van der Waals surface area contributed by atoms with E-state index in [1.807, 2.05) is 24.4 Å². The summed E-state index contributed by atoms with van der Waals surface area (Å²) in [6.07, 6.45) is 2.93. The fourth-order valence-corrected chi connectivity index (χ4v) is 2.69. The SMILES string of the molecule is CCc1ncc(CNc2ccc(Cl)c(Br)c2)s1. The van der Waals surface area contributed by atoms with Gasteiger partial charge in [0.2, 0.25) is 0 Å². The molecule has 0 aliphatic rings. The molecular formula is C12H12BrClN2S. The maximum Gasteiger partial charge on any atom is 0.0925 e. The fourth-order valence-electron chi connectivity index (χ4n) is 1.39. The number of anilines is 1. The van der Waals surface area contributed by atoms with Crippen molar-refractivity contribution in [2.45, 2.75) is 19.9 Å². The van der Waals surface area contributed by atoms with Crippen molar-refractivity contribution in [3.63, 3.8) is 0 Å². The Balaban J connectivity index is 1.99. The summed E-state index contributed by atoms with van der Waals surface area (Å²) >= 11 is 11.1. The quantitative estimate of drug-likeness (QED) is 0.875. The number of hydrogen-bond donors (Lipinski definition) is 1. The topological polar surface area (TPSA) is 24.9 Å². The van der Waals surface area contributed by atoms with Gasteiger partial charge in [-0.2, -0.15) is 0 Å². The van der Waals surface area contributed by atoms with Crippen LogP contribution in [0.2, 0.25) is 5.02 Å². The minimum atomic E-state index is 0.724. The monoisotopic (exact) mass is 330 g/mol. The Labute approximate surface area is 118 Å². The van der Waals surface area contributed by atoms with Crippen LogP contribution >= 0.6 is 38.9 Å². The molecule has 2 rings (SSSR count). The second kappa shape index (κ2) is 5.85. The number of nitrogens with zero attached hydrogens (tertiary/aromatic N) is 1. The minimum absolute atomic E-state index is 0.724. The van der Waals surface area contributed by atoms with Gasteiger partial charge in [0.05, 0.1) is 16.6 Å². The number of aromatic nitrogens is 1. The standard InChI is InChI=1S/C12H12BrClN2S/c1-2-12-16-7-9(17-12)6-15-8-3-4-11(14)10(13)5-8/h3-5,7,15H,2,6H2,1H3. The maximum absolute atomic E-state index is 5.94. The smallest absolute Gasteiger partial charge is 0.0925 e. The molecule has 0 aliphatic carbocycles. The zero-order valence-electron chi connectivity index (χ0n) is 9.34. The number of aryl methyl sites for hydroxylation is 1. The molecule has 0 saturated carbocycles. The molecule has 0 unspecified atom stereocenters. The Kier molecular flexibility index (Phi) is 4.42. The van der Waals surface area contributed by atoms with E-state index in [0.717, 1.165) is 28.1 Å². The Morgan fingerprint density at radius 3 is 2.94 bits per heavy atom. The van der Waals surface area contributed by atoms with Crippen molar-refractivity contribution in [2.24, 2.45) is 0 Å². The van der Waals surface area contributed by atoms with Gasteiger partial charge in [0.1, 0.15) is 0 Å². The molecular weight excluding hydrogens is 320 g/mol. The van der Waals surface area contributed by atoms with Gasteiger partial charge in [-0.05, 0) is 40.5 Å². The zero-order chi connectivity index (χ0) is 12.3. The van der Waals surface area contributed by atoms with Gasteiger partial charge >= 0.3 is 0 Å². The summed E-state index contributed by atoms with van der Waals surface area (Å²) in [6.45, 7) is 2.91. The molecule has 5 heteroatoms. The van der Waals surface area contributed by atoms with Crippen molar-refractivity contribution in [1.29, 1.82) is 0 Å². The third-order valence-corrected chi connectivity index (χ3v) is 4.65. The molecule has 2 nitrogen and oxygen atoms in total. The van der Waals surface area contributed by atoms with E-state index in [2.05, 4.69) is 33.2 Å². The molecule has 90 valence electrons. The van der Waals surface area contributed by atoms with E-state index >= 15 is 0 Å². The summed E-state index contributed by atoms with van der Waals surface area (Å²) in [6, 6.07) is 5.82. The molecule has 0 amide bonds. The van der Waals surface area contributed by atoms with Gasteiger partial charge in [0, 0.05) is 21.2 Å². The van der Waals surface area contributed by atoms with Gasteiger partial charge in [-0.15, -0.1) is 11.3 Å². The van der Waals surface area contributed by atoms with E-state index in [4.69, 9.17) is 11.6 Å². The lowest BCUT2D eigenvalue weighted by Crippen LogP contribution is -1.97. The summed E-state index contributed by atoms with van der Waals surface area (Å²) in [7, 11) is 0. The third-order valence-electron chi connectivity index (χ3n) is 2.29. The van der Waals surface area contributed by atoms with Crippen molar-refractivity contribution in [3.8, 4) is 0 Å². The van der Waals surface area contributed by atoms with E-state index in [9.17, 15) is 0 Å². The maximum atomic E-state index is 5.94. The molecule has 1 heterocycles. The van der Waals surface area contributed by atoms with Crippen LogP contribution in [0.4, 0.5) is 5.69 Å². The molecule has 0 saturated heterocycles. The Hall–Kier alpha value is -0.580. The van der Waals surface area contributed by atoms with Gasteiger partial charge in [-0.3, -0.25) is 0 Å². The van der Waals surface area contributed by atoms with Crippen LogP contribution in [0.15, 0.2) is 28.9 Å². The molecule has 0 bridgehead atoms. The molecule has 0 fully saturated rings. The predicted octanol–water partition coefficient (Wildman–Crippen LogP) is 4.73. The second-order valence-corrected chi connectivity index (χ2v) is 6.02. The van der Waals surface area contributed by atoms with Gasteiger partial charge in [0.15, 0.2) is 0 Å². The largest absolute Gasteiger partial charge is 0.380 e. The molecule has 1 aromatic heterocycles. The number of halogens is 2. The van der Waals surface area contributed by atoms with E-state index in [0.29, 0.717) is 0 Å². The Morgan fingerprint density at radius 1 is 1.47 bits per heavy atom. The van der Waals surface area contributed by atoms with Gasteiger partial charge in [0.25, 0.3) is 0 Å². The first-order chi connectivity index (χ1) is 8.19. The Morgan fingerprint density at radius 2 is 2.29 bits per heavy atom. The summed E-state index contributed by atoms with van der Waals surface area (Å²) in [4.78, 5) is 5.57. The first-order valence-corrected chi connectivity index (χ1v) is 7.30. The van der Waals surface area contributed by atoms with E-state index in [1.165, 1.54) is 9.88 Å². The number of thiazole rings is 1. The molecule has 17 heavy (non-hydrogen) atoms. The van der Waals surface area contributed by atoms with Gasteiger partial charge < -0.3 is 5.32 Å². The molecule has 2 aromatic rings. The summed E-state index contributed by atoms with van der Waals surface area (Å²) < 4.78 is 0.905. The highest BCUT2D eigenvalue weighted by atomic mass is 79.9. The lowest BCUT2D eigenvalue weighted by molar-refractivity contribution is 1.09. The van der Waals surface area contributed by atoms with E-state index < -0.39 is 0 Å². The zero-order valence-corrected chi connectivity index (χ0v) is 12.5. The van der Waals surface area contributed by atoms with Crippen LogP contribution in [0.3, 0.4) is 0 Å². The average Bonchev–Trinajstić information content (AvgIpc) is 2.79. The Bertz CT molecular complexity index is 513. The van der Waals surface area contributed by atoms with Crippen molar-refractivity contribution in [1.82, 2.24) is 4.98 Å². The van der Waals surface area contributed by atoms with Crippen LogP contribution in [0.1, 0.15) is 16.8 Å². The van der Waals surface area contributed by atoms with Crippen molar-refractivity contribution >= 4 is 44.6 Å². The van der Waals surface area contributed by atoms with Crippen molar-refractivity contribution in [3.05, 3.63) is 43.8 Å². The molecule has 1 aromatic carbocycles. The second-order valence-electron chi connectivity index (χ2n) is 3.56. The van der Waals surface area contributed by atoms with Crippen LogP contribution in [0, 0.1) is 0 Å². The predicted molar refractivity (Wildman–Crippen MR) is 78.0 cm³/mol. The fraction of sp³-hybridized carbons (Fsp3) is 0.250. The molecule has 0 spiro atoms. The van der Waals surface area contributed by atoms with Crippen LogP contribution in [0.25, 0.3) is 0 Å². The lowest BCUT2D eigenvalue weighted by Gasteiger charge is -2.05. The highest BCUT2D eigenvalue weighted by Gasteiger charge is 2.02. The minimum Gasteiger partial charge on any atom is -0.380 e. The third kappa shape index (κ3) is 3.44. The summed E-state index contributed by atoms with van der Waals surface area (Å²) in [5, 5.41) is 5.25.